The molecule has 2 fully saturated rings. The summed E-state index contributed by atoms with van der Waals surface area (Å²) >= 11 is 4.98. The Labute approximate surface area is 152 Å². The number of aromatic nitrogens is 4. The molecule has 26 heavy (non-hydrogen) atoms. The summed E-state index contributed by atoms with van der Waals surface area (Å²) in [6.45, 7) is -1.21. The van der Waals surface area contributed by atoms with Crippen LogP contribution in [0.2, 0.25) is 0 Å². The van der Waals surface area contributed by atoms with E-state index in [1.165, 1.54) is 13.4 Å². The topological polar surface area (TPSA) is 147 Å². The number of fused-ring (bicyclic) bond motifs is 3. The van der Waals surface area contributed by atoms with E-state index in [4.69, 9.17) is 36.1 Å². The lowest BCUT2D eigenvalue weighted by Gasteiger charge is -2.31. The number of nitrogen functional groups attached to an aromatic ring is 1. The number of nitrogens with two attached hydrogens (primary N) is 1. The highest BCUT2D eigenvalue weighted by atomic mass is 32.5. The number of rotatable bonds is 5. The number of hydrogen-bond acceptors (Lipinski definition) is 9. The maximum atomic E-state index is 12.0. The van der Waals surface area contributed by atoms with E-state index in [9.17, 15) is 9.69 Å². The number of ether oxygens (including phenoxy) is 2. The molecule has 0 aliphatic carbocycles. The summed E-state index contributed by atoms with van der Waals surface area (Å²) in [6.07, 6.45) is 0.114. The molecule has 2 aromatic heterocycles. The van der Waals surface area contributed by atoms with E-state index >= 15 is 0 Å². The van der Waals surface area contributed by atoms with Crippen LogP contribution in [0.5, 0.6) is 0 Å². The van der Waals surface area contributed by atoms with Crippen LogP contribution < -0.4 is 11.3 Å². The summed E-state index contributed by atoms with van der Waals surface area (Å²) in [5.41, 5.74) is 4.81. The Morgan fingerprint density at radius 1 is 1.65 bits per heavy atom. The van der Waals surface area contributed by atoms with Crippen molar-refractivity contribution in [1.29, 1.82) is 0 Å². The van der Waals surface area contributed by atoms with Crippen molar-refractivity contribution in [1.82, 2.24) is 19.5 Å². The van der Waals surface area contributed by atoms with Crippen molar-refractivity contribution in [3.8, 4) is 0 Å². The second kappa shape index (κ2) is 6.06. The Hall–Kier alpha value is -1.40. The lowest BCUT2D eigenvalue weighted by molar-refractivity contribution is -0.172. The van der Waals surface area contributed by atoms with Gasteiger partial charge in [-0.2, -0.15) is 4.98 Å². The van der Waals surface area contributed by atoms with E-state index < -0.39 is 36.3 Å². The minimum atomic E-state index is -3.42. The van der Waals surface area contributed by atoms with Gasteiger partial charge in [0, 0.05) is 7.11 Å². The van der Waals surface area contributed by atoms with E-state index in [0.717, 1.165) is 0 Å². The van der Waals surface area contributed by atoms with E-state index in [2.05, 4.69) is 15.0 Å². The van der Waals surface area contributed by atoms with Gasteiger partial charge in [0.1, 0.15) is 17.8 Å². The molecule has 4 rings (SSSR count). The minimum Gasteiger partial charge on any atom is -0.369 e. The Balaban J connectivity index is 1.76. The number of nitrogens with one attached hydrogen (secondary N) is 1. The van der Waals surface area contributed by atoms with Gasteiger partial charge in [-0.15, -0.1) is 0 Å². The molecule has 0 spiro atoms. The first-order valence-corrected chi connectivity index (χ1v) is 10.5. The third-order valence-corrected chi connectivity index (χ3v) is 6.43. The normalized spacial score (nSPS) is 33.0. The molecule has 5 atom stereocenters. The van der Waals surface area contributed by atoms with Crippen LogP contribution in [0.3, 0.4) is 0 Å². The lowest BCUT2D eigenvalue weighted by atomic mass is 9.96. The molecule has 142 valence electrons. The van der Waals surface area contributed by atoms with Crippen molar-refractivity contribution in [2.75, 3.05) is 19.5 Å². The van der Waals surface area contributed by atoms with Crippen LogP contribution in [0.15, 0.2) is 11.1 Å². The molecule has 4 N–H and O–H groups in total. The Kier molecular flexibility index (Phi) is 4.19. The molecule has 0 saturated carbocycles. The van der Waals surface area contributed by atoms with Crippen LogP contribution in [-0.2, 0) is 30.3 Å². The maximum Gasteiger partial charge on any atom is 0.324 e. The molecule has 2 aliphatic rings. The SMILES string of the molecule is CC[C@@]12CO[C@@H](C1OP(O)(=S)OC)[C@H](n1cnc3c(=O)[nH]c(N)nc31)O2. The fourth-order valence-corrected chi connectivity index (χ4v) is 4.38. The van der Waals surface area contributed by atoms with Crippen LogP contribution in [0.4, 0.5) is 5.95 Å². The van der Waals surface area contributed by atoms with Gasteiger partial charge in [-0.1, -0.05) is 6.92 Å². The van der Waals surface area contributed by atoms with Gasteiger partial charge in [0.2, 0.25) is 5.95 Å². The molecule has 2 aromatic rings. The molecule has 2 unspecified atom stereocenters. The van der Waals surface area contributed by atoms with Crippen molar-refractivity contribution >= 4 is 35.6 Å². The summed E-state index contributed by atoms with van der Waals surface area (Å²) < 4.78 is 24.2. The van der Waals surface area contributed by atoms with Crippen LogP contribution in [0.1, 0.15) is 19.6 Å². The summed E-state index contributed by atoms with van der Waals surface area (Å²) in [5, 5.41) is 0. The molecule has 2 bridgehead atoms. The molecule has 0 amide bonds. The summed E-state index contributed by atoms with van der Waals surface area (Å²) in [5.74, 6) is -0.0310. The van der Waals surface area contributed by atoms with Gasteiger partial charge in [0.05, 0.1) is 12.9 Å². The average molecular weight is 403 g/mol. The van der Waals surface area contributed by atoms with Crippen LogP contribution in [0.25, 0.3) is 11.2 Å². The number of H-pyrrole nitrogens is 1. The van der Waals surface area contributed by atoms with Gasteiger partial charge in [0.25, 0.3) is 5.56 Å². The highest BCUT2D eigenvalue weighted by molar-refractivity contribution is 8.07. The minimum absolute atomic E-state index is 0.0310. The van der Waals surface area contributed by atoms with Crippen molar-refractivity contribution < 1.29 is 23.4 Å². The summed E-state index contributed by atoms with van der Waals surface area (Å²) in [6, 6.07) is 0. The van der Waals surface area contributed by atoms with Crippen molar-refractivity contribution in [2.45, 2.75) is 37.4 Å². The third-order valence-electron chi connectivity index (χ3n) is 4.77. The first-order valence-electron chi connectivity index (χ1n) is 7.89. The number of nitrogens with zero attached hydrogens (tertiary/aromatic N) is 3. The highest BCUT2D eigenvalue weighted by Crippen LogP contribution is 2.55. The largest absolute Gasteiger partial charge is 0.369 e. The molecule has 0 aromatic carbocycles. The average Bonchev–Trinajstić information content (AvgIpc) is 3.25. The Morgan fingerprint density at radius 2 is 2.42 bits per heavy atom. The van der Waals surface area contributed by atoms with Crippen molar-refractivity contribution in [3.63, 3.8) is 0 Å². The monoisotopic (exact) mass is 403 g/mol. The summed E-state index contributed by atoms with van der Waals surface area (Å²) in [7, 11) is 1.29. The van der Waals surface area contributed by atoms with E-state index in [1.807, 2.05) is 6.92 Å². The maximum absolute atomic E-state index is 12.0. The summed E-state index contributed by atoms with van der Waals surface area (Å²) in [4.78, 5) is 32.7. The molecule has 13 heteroatoms. The number of anilines is 1. The molecule has 11 nitrogen and oxygen atoms in total. The number of imidazole rings is 1. The second-order valence-electron chi connectivity index (χ2n) is 6.15. The van der Waals surface area contributed by atoms with E-state index in [0.29, 0.717) is 6.42 Å². The predicted octanol–water partition coefficient (Wildman–Crippen LogP) is 0.0266. The third kappa shape index (κ3) is 2.61. The predicted molar refractivity (Wildman–Crippen MR) is 93.8 cm³/mol. The molecule has 2 saturated heterocycles. The first kappa shape index (κ1) is 18.0. The van der Waals surface area contributed by atoms with E-state index in [1.54, 1.807) is 4.57 Å². The van der Waals surface area contributed by atoms with Gasteiger partial charge in [-0.05, 0) is 18.2 Å². The molecule has 0 radical (unpaired) electrons. The van der Waals surface area contributed by atoms with Gasteiger partial charge in [-0.25, -0.2) is 4.98 Å². The zero-order chi connectivity index (χ0) is 18.7. The van der Waals surface area contributed by atoms with Crippen molar-refractivity contribution in [3.05, 3.63) is 16.7 Å². The van der Waals surface area contributed by atoms with Crippen LogP contribution in [-0.4, -0.2) is 55.9 Å². The van der Waals surface area contributed by atoms with E-state index in [-0.39, 0.29) is 23.7 Å². The Bertz CT molecular complexity index is 964. The molecule has 4 heterocycles. The van der Waals surface area contributed by atoms with Gasteiger partial charge < -0.3 is 24.6 Å². The van der Waals surface area contributed by atoms with Gasteiger partial charge in [-0.3, -0.25) is 18.9 Å². The van der Waals surface area contributed by atoms with Crippen molar-refractivity contribution in [2.24, 2.45) is 0 Å². The smallest absolute Gasteiger partial charge is 0.324 e. The van der Waals surface area contributed by atoms with Crippen LogP contribution >= 0.6 is 6.72 Å². The number of aromatic amines is 1. The van der Waals surface area contributed by atoms with Gasteiger partial charge >= 0.3 is 6.72 Å². The van der Waals surface area contributed by atoms with Gasteiger partial charge in [0.15, 0.2) is 17.4 Å². The fourth-order valence-electron chi connectivity index (χ4n) is 3.42. The second-order valence-corrected chi connectivity index (χ2v) is 9.05. The molecular formula is C13H18N5O6PS. The molecule has 2 aliphatic heterocycles. The molecular weight excluding hydrogens is 385 g/mol. The van der Waals surface area contributed by atoms with Crippen LogP contribution in [0, 0.1) is 0 Å². The highest BCUT2D eigenvalue weighted by Gasteiger charge is 2.63. The first-order chi connectivity index (χ1) is 12.3. The quantitative estimate of drug-likeness (QED) is 0.584. The lowest BCUT2D eigenvalue weighted by Crippen LogP contribution is -2.40. The Morgan fingerprint density at radius 3 is 3.12 bits per heavy atom. The number of hydrogen-bond donors (Lipinski definition) is 3. The zero-order valence-corrected chi connectivity index (χ0v) is 15.7. The standard InChI is InChI=1S/C13H18N5O6PS/c1-3-13-4-22-7(8(13)24-25(20,26)21-2)11(23-13)18-5-15-6-9(18)16-12(14)17-10(6)19/h5,7-8,11H,3-4H2,1-2H3,(H,20,26)(H3,14,16,17,19)/t7-,8?,11+,13+,25?/m0/s1. The zero-order valence-electron chi connectivity index (χ0n) is 14.0. The fraction of sp³-hybridized carbons (Fsp3) is 0.615.